The van der Waals surface area contributed by atoms with Gasteiger partial charge in [-0.1, -0.05) is 30.3 Å². The van der Waals surface area contributed by atoms with Gasteiger partial charge in [-0.2, -0.15) is 5.10 Å². The van der Waals surface area contributed by atoms with Gasteiger partial charge in [0.1, 0.15) is 11.3 Å². The SMILES string of the molecule is CCn1nc(C(=O)N2CCC(c3ccc(NC(=O)c4cnc5ccc(Br)cn45)cc3)CC2)c2ccccc21. The fourth-order valence-electron chi connectivity index (χ4n) is 5.25. The van der Waals surface area contributed by atoms with Crippen molar-refractivity contribution in [2.45, 2.75) is 32.2 Å². The van der Waals surface area contributed by atoms with Crippen molar-refractivity contribution >= 4 is 50.0 Å². The molecule has 0 spiro atoms. The van der Waals surface area contributed by atoms with Crippen LogP contribution in [0.3, 0.4) is 0 Å². The van der Waals surface area contributed by atoms with E-state index in [1.54, 1.807) is 10.6 Å². The highest BCUT2D eigenvalue weighted by Crippen LogP contribution is 2.30. The summed E-state index contributed by atoms with van der Waals surface area (Å²) in [6.45, 7) is 4.15. The maximum atomic E-state index is 13.3. The smallest absolute Gasteiger partial charge is 0.275 e. The third-order valence-corrected chi connectivity index (χ3v) is 7.75. The number of hydrogen-bond donors (Lipinski definition) is 1. The quantitative estimate of drug-likeness (QED) is 0.292. The Hall–Kier alpha value is -3.98. The first-order valence-electron chi connectivity index (χ1n) is 12.8. The van der Waals surface area contributed by atoms with E-state index in [0.29, 0.717) is 36.0 Å². The maximum Gasteiger partial charge on any atom is 0.275 e. The highest BCUT2D eigenvalue weighted by molar-refractivity contribution is 9.10. The first-order chi connectivity index (χ1) is 18.5. The van der Waals surface area contributed by atoms with E-state index in [-0.39, 0.29) is 11.8 Å². The molecule has 0 saturated carbocycles. The molecule has 6 rings (SSSR count). The predicted molar refractivity (Wildman–Crippen MR) is 151 cm³/mol. The summed E-state index contributed by atoms with van der Waals surface area (Å²) in [5.74, 6) is 0.155. The van der Waals surface area contributed by atoms with Crippen LogP contribution in [0.15, 0.2) is 77.5 Å². The van der Waals surface area contributed by atoms with Crippen molar-refractivity contribution in [3.63, 3.8) is 0 Å². The summed E-state index contributed by atoms with van der Waals surface area (Å²) in [4.78, 5) is 32.4. The summed E-state index contributed by atoms with van der Waals surface area (Å²) in [7, 11) is 0. The van der Waals surface area contributed by atoms with Gasteiger partial charge in [0.15, 0.2) is 5.69 Å². The first kappa shape index (κ1) is 24.4. The van der Waals surface area contributed by atoms with Crippen LogP contribution in [0.25, 0.3) is 16.6 Å². The van der Waals surface area contributed by atoms with E-state index < -0.39 is 0 Å². The summed E-state index contributed by atoms with van der Waals surface area (Å²) in [6, 6.07) is 19.7. The van der Waals surface area contributed by atoms with E-state index in [0.717, 1.165) is 40.4 Å². The number of fused-ring (bicyclic) bond motifs is 2. The molecule has 0 bridgehead atoms. The van der Waals surface area contributed by atoms with Gasteiger partial charge in [0.05, 0.1) is 11.7 Å². The molecule has 192 valence electrons. The molecule has 1 aliphatic rings. The summed E-state index contributed by atoms with van der Waals surface area (Å²) < 4.78 is 4.53. The third kappa shape index (κ3) is 4.47. The van der Waals surface area contributed by atoms with Crippen LogP contribution < -0.4 is 5.32 Å². The van der Waals surface area contributed by atoms with Crippen LogP contribution in [0.1, 0.15) is 52.2 Å². The van der Waals surface area contributed by atoms with Crippen molar-refractivity contribution in [2.75, 3.05) is 18.4 Å². The lowest BCUT2D eigenvalue weighted by Crippen LogP contribution is -2.38. The summed E-state index contributed by atoms with van der Waals surface area (Å²) in [6.07, 6.45) is 5.19. The molecule has 8 nitrogen and oxygen atoms in total. The molecule has 9 heteroatoms. The number of nitrogens with one attached hydrogen (secondary N) is 1. The molecule has 3 aromatic heterocycles. The number of benzene rings is 2. The molecule has 1 aliphatic heterocycles. The number of pyridine rings is 1. The molecular weight excluding hydrogens is 544 g/mol. The average molecular weight is 571 g/mol. The third-order valence-electron chi connectivity index (χ3n) is 7.28. The van der Waals surface area contributed by atoms with Crippen molar-refractivity contribution < 1.29 is 9.59 Å². The van der Waals surface area contributed by atoms with Crippen LogP contribution in [0.2, 0.25) is 0 Å². The molecule has 5 aromatic rings. The Morgan fingerprint density at radius 2 is 1.79 bits per heavy atom. The molecule has 0 unspecified atom stereocenters. The minimum atomic E-state index is -0.215. The number of halogens is 1. The van der Waals surface area contributed by atoms with Gasteiger partial charge in [-0.25, -0.2) is 4.98 Å². The van der Waals surface area contributed by atoms with Crippen LogP contribution in [0.4, 0.5) is 5.69 Å². The molecule has 38 heavy (non-hydrogen) atoms. The molecule has 0 radical (unpaired) electrons. The van der Waals surface area contributed by atoms with E-state index in [1.165, 1.54) is 5.56 Å². The Morgan fingerprint density at radius 1 is 1.03 bits per heavy atom. The van der Waals surface area contributed by atoms with Gasteiger partial charge in [-0.3, -0.25) is 18.7 Å². The normalized spacial score (nSPS) is 14.3. The predicted octanol–water partition coefficient (Wildman–Crippen LogP) is 5.74. The topological polar surface area (TPSA) is 84.5 Å². The number of aromatic nitrogens is 4. The summed E-state index contributed by atoms with van der Waals surface area (Å²) in [5.41, 5.74) is 4.67. The van der Waals surface area contributed by atoms with Crippen LogP contribution in [-0.2, 0) is 6.54 Å². The second kappa shape index (κ2) is 10.1. The standard InChI is InChI=1S/C29H27BrN6O2/c1-2-36-24-6-4-3-5-23(24)27(33-36)29(38)34-15-13-20(14-16-34)19-7-10-22(11-8-19)32-28(37)25-17-31-26-12-9-21(30)18-35(25)26/h3-12,17-18,20H,2,13-16H2,1H3,(H,32,37). The number of aryl methyl sites for hydroxylation is 1. The minimum absolute atomic E-state index is 0.00401. The van der Waals surface area contributed by atoms with Crippen LogP contribution >= 0.6 is 15.9 Å². The zero-order chi connectivity index (χ0) is 26.2. The second-order valence-electron chi connectivity index (χ2n) is 9.54. The van der Waals surface area contributed by atoms with E-state index in [2.05, 4.69) is 43.5 Å². The van der Waals surface area contributed by atoms with Gasteiger partial charge in [0.25, 0.3) is 11.8 Å². The molecule has 0 atom stereocenters. The Labute approximate surface area is 228 Å². The highest BCUT2D eigenvalue weighted by Gasteiger charge is 2.27. The number of carbonyl (C=O) groups excluding carboxylic acids is 2. The van der Waals surface area contributed by atoms with Crippen molar-refractivity contribution in [1.82, 2.24) is 24.1 Å². The Bertz CT molecular complexity index is 1650. The molecule has 4 heterocycles. The molecule has 1 saturated heterocycles. The van der Waals surface area contributed by atoms with Gasteiger partial charge in [-0.15, -0.1) is 0 Å². The van der Waals surface area contributed by atoms with E-state index in [4.69, 9.17) is 0 Å². The Kier molecular flexibility index (Phi) is 6.45. The van der Waals surface area contributed by atoms with Crippen molar-refractivity contribution in [3.05, 3.63) is 94.5 Å². The van der Waals surface area contributed by atoms with E-state index in [9.17, 15) is 9.59 Å². The van der Waals surface area contributed by atoms with Crippen LogP contribution in [0.5, 0.6) is 0 Å². The van der Waals surface area contributed by atoms with Crippen LogP contribution in [0, 0.1) is 0 Å². The zero-order valence-corrected chi connectivity index (χ0v) is 22.6. The lowest BCUT2D eigenvalue weighted by molar-refractivity contribution is 0.0708. The lowest BCUT2D eigenvalue weighted by Gasteiger charge is -2.32. The molecule has 2 aromatic carbocycles. The molecule has 2 amide bonds. The second-order valence-corrected chi connectivity index (χ2v) is 10.5. The van der Waals surface area contributed by atoms with Gasteiger partial charge in [-0.05, 0) is 77.5 Å². The maximum absolute atomic E-state index is 13.3. The first-order valence-corrected chi connectivity index (χ1v) is 13.6. The number of nitrogens with zero attached hydrogens (tertiary/aromatic N) is 5. The summed E-state index contributed by atoms with van der Waals surface area (Å²) >= 11 is 3.44. The summed E-state index contributed by atoms with van der Waals surface area (Å²) in [5, 5.41) is 8.50. The van der Waals surface area contributed by atoms with Crippen molar-refractivity contribution in [3.8, 4) is 0 Å². The number of piperidine rings is 1. The average Bonchev–Trinajstić information content (AvgIpc) is 3.54. The number of likely N-dealkylation sites (tertiary alicyclic amines) is 1. The fourth-order valence-corrected chi connectivity index (χ4v) is 5.59. The lowest BCUT2D eigenvalue weighted by atomic mass is 9.89. The monoisotopic (exact) mass is 570 g/mol. The van der Waals surface area contributed by atoms with Gasteiger partial charge >= 0.3 is 0 Å². The van der Waals surface area contributed by atoms with Gasteiger partial charge in [0.2, 0.25) is 0 Å². The van der Waals surface area contributed by atoms with Crippen LogP contribution in [-0.4, -0.2) is 49.0 Å². The molecule has 1 N–H and O–H groups in total. The number of hydrogen-bond acceptors (Lipinski definition) is 4. The largest absolute Gasteiger partial charge is 0.337 e. The number of para-hydroxylation sites is 1. The Morgan fingerprint density at radius 3 is 2.55 bits per heavy atom. The Balaban J connectivity index is 1.10. The molecule has 0 aliphatic carbocycles. The molecule has 1 fully saturated rings. The van der Waals surface area contributed by atoms with Gasteiger partial charge in [0, 0.05) is 41.4 Å². The fraction of sp³-hybridized carbons (Fsp3) is 0.241. The number of carbonyl (C=O) groups is 2. The van der Waals surface area contributed by atoms with E-state index in [1.807, 2.05) is 71.2 Å². The highest BCUT2D eigenvalue weighted by atomic mass is 79.9. The molecular formula is C29H27BrN6O2. The minimum Gasteiger partial charge on any atom is -0.337 e. The van der Waals surface area contributed by atoms with E-state index >= 15 is 0 Å². The van der Waals surface area contributed by atoms with Gasteiger partial charge < -0.3 is 10.2 Å². The number of amides is 2. The zero-order valence-electron chi connectivity index (χ0n) is 21.0. The number of imidazole rings is 1. The number of anilines is 1. The van der Waals surface area contributed by atoms with Crippen molar-refractivity contribution in [2.24, 2.45) is 0 Å². The number of rotatable bonds is 5. The van der Waals surface area contributed by atoms with Crippen molar-refractivity contribution in [1.29, 1.82) is 0 Å².